The zero-order valence-electron chi connectivity index (χ0n) is 18.1. The van der Waals surface area contributed by atoms with E-state index in [0.717, 1.165) is 22.4 Å². The van der Waals surface area contributed by atoms with Gasteiger partial charge in [0.2, 0.25) is 10.0 Å². The van der Waals surface area contributed by atoms with Crippen LogP contribution in [-0.2, 0) is 14.8 Å². The molecular formula is C23H30N2O4S. The average molecular weight is 431 g/mol. The predicted molar refractivity (Wildman–Crippen MR) is 117 cm³/mol. The predicted octanol–water partition coefficient (Wildman–Crippen LogP) is 3.34. The highest BCUT2D eigenvalue weighted by Crippen LogP contribution is 2.24. The van der Waals surface area contributed by atoms with Gasteiger partial charge in [0.25, 0.3) is 5.91 Å². The maximum absolute atomic E-state index is 12.8. The zero-order valence-corrected chi connectivity index (χ0v) is 18.9. The van der Waals surface area contributed by atoms with E-state index in [9.17, 15) is 13.2 Å². The van der Waals surface area contributed by atoms with E-state index < -0.39 is 10.0 Å². The zero-order chi connectivity index (χ0) is 21.9. The van der Waals surface area contributed by atoms with Crippen LogP contribution in [0.4, 0.5) is 0 Å². The van der Waals surface area contributed by atoms with Crippen molar-refractivity contribution < 1.29 is 17.9 Å². The topological polar surface area (TPSA) is 66.9 Å². The molecule has 0 atom stereocenters. The second-order valence-electron chi connectivity index (χ2n) is 8.07. The molecule has 0 N–H and O–H groups in total. The maximum Gasteiger partial charge on any atom is 0.260 e. The molecule has 7 heteroatoms. The Balaban J connectivity index is 1.57. The Morgan fingerprint density at radius 1 is 1.00 bits per heavy atom. The number of carbonyl (C=O) groups excluding carboxylic acids is 1. The molecule has 1 fully saturated rings. The maximum atomic E-state index is 12.8. The van der Waals surface area contributed by atoms with Crippen LogP contribution in [0, 0.1) is 13.8 Å². The van der Waals surface area contributed by atoms with E-state index >= 15 is 0 Å². The minimum atomic E-state index is -3.54. The van der Waals surface area contributed by atoms with Crippen molar-refractivity contribution in [2.24, 2.45) is 0 Å². The van der Waals surface area contributed by atoms with Crippen LogP contribution in [0.3, 0.4) is 0 Å². The number of rotatable bonds is 6. The lowest BCUT2D eigenvalue weighted by atomic mass is 10.0. The molecule has 1 aliphatic heterocycles. The van der Waals surface area contributed by atoms with Crippen molar-refractivity contribution in [2.45, 2.75) is 38.5 Å². The first-order valence-corrected chi connectivity index (χ1v) is 11.7. The van der Waals surface area contributed by atoms with Gasteiger partial charge in [-0.3, -0.25) is 4.79 Å². The summed E-state index contributed by atoms with van der Waals surface area (Å²) >= 11 is 0. The molecule has 0 spiro atoms. The summed E-state index contributed by atoms with van der Waals surface area (Å²) in [5.74, 6) is 0.971. The summed E-state index contributed by atoms with van der Waals surface area (Å²) in [4.78, 5) is 14.6. The van der Waals surface area contributed by atoms with Crippen LogP contribution in [-0.4, -0.2) is 56.3 Å². The van der Waals surface area contributed by atoms with Crippen LogP contribution in [0.15, 0.2) is 47.4 Å². The summed E-state index contributed by atoms with van der Waals surface area (Å²) in [7, 11) is -3.54. The third kappa shape index (κ3) is 5.02. The van der Waals surface area contributed by atoms with Gasteiger partial charge in [-0.15, -0.1) is 0 Å². The van der Waals surface area contributed by atoms with Gasteiger partial charge in [0.15, 0.2) is 6.61 Å². The largest absolute Gasteiger partial charge is 0.483 e. The number of carbonyl (C=O) groups is 1. The van der Waals surface area contributed by atoms with Crippen LogP contribution in [0.5, 0.6) is 5.75 Å². The highest BCUT2D eigenvalue weighted by molar-refractivity contribution is 7.89. The number of piperazine rings is 1. The molecule has 0 aliphatic carbocycles. The van der Waals surface area contributed by atoms with E-state index in [1.165, 1.54) is 4.31 Å². The van der Waals surface area contributed by atoms with Crippen molar-refractivity contribution in [3.63, 3.8) is 0 Å². The first-order valence-electron chi connectivity index (χ1n) is 10.3. The van der Waals surface area contributed by atoms with Gasteiger partial charge in [0.05, 0.1) is 4.90 Å². The second-order valence-corrected chi connectivity index (χ2v) is 10.0. The monoisotopic (exact) mass is 430 g/mol. The fourth-order valence-corrected chi connectivity index (χ4v) is 4.82. The van der Waals surface area contributed by atoms with Crippen molar-refractivity contribution in [1.29, 1.82) is 0 Å². The Morgan fingerprint density at radius 2 is 1.63 bits per heavy atom. The van der Waals surface area contributed by atoms with Gasteiger partial charge < -0.3 is 9.64 Å². The standard InChI is InChI=1S/C23H30N2O4S/c1-17(2)20-8-7-19(4)22(15-20)29-16-23(26)24-11-13-25(14-12-24)30(27,28)21-9-5-18(3)6-10-21/h5-10,15,17H,11-14,16H2,1-4H3. The van der Waals surface area contributed by atoms with Crippen molar-refractivity contribution in [1.82, 2.24) is 9.21 Å². The van der Waals surface area contributed by atoms with Gasteiger partial charge in [-0.25, -0.2) is 8.42 Å². The number of sulfonamides is 1. The van der Waals surface area contributed by atoms with E-state index in [2.05, 4.69) is 19.9 Å². The van der Waals surface area contributed by atoms with E-state index in [1.807, 2.05) is 26.0 Å². The molecule has 1 amide bonds. The van der Waals surface area contributed by atoms with E-state index in [1.54, 1.807) is 29.2 Å². The van der Waals surface area contributed by atoms with Crippen molar-refractivity contribution in [3.05, 3.63) is 59.2 Å². The lowest BCUT2D eigenvalue weighted by Gasteiger charge is -2.34. The van der Waals surface area contributed by atoms with E-state index in [4.69, 9.17) is 4.74 Å². The molecule has 30 heavy (non-hydrogen) atoms. The second kappa shape index (κ2) is 9.18. The highest BCUT2D eigenvalue weighted by atomic mass is 32.2. The smallest absolute Gasteiger partial charge is 0.260 e. The van der Waals surface area contributed by atoms with Crippen molar-refractivity contribution in [2.75, 3.05) is 32.8 Å². The molecule has 1 aliphatic rings. The van der Waals surface area contributed by atoms with Crippen LogP contribution in [0.25, 0.3) is 0 Å². The first kappa shape index (κ1) is 22.3. The van der Waals surface area contributed by atoms with Gasteiger partial charge in [-0.05, 0) is 49.1 Å². The number of hydrogen-bond donors (Lipinski definition) is 0. The molecule has 0 aromatic heterocycles. The van der Waals surface area contributed by atoms with Gasteiger partial charge >= 0.3 is 0 Å². The molecule has 0 bridgehead atoms. The summed E-state index contributed by atoms with van der Waals surface area (Å²) in [5.41, 5.74) is 3.16. The first-order chi connectivity index (χ1) is 14.2. The fourth-order valence-electron chi connectivity index (χ4n) is 3.40. The summed E-state index contributed by atoms with van der Waals surface area (Å²) in [6.45, 7) is 9.34. The molecule has 162 valence electrons. The van der Waals surface area contributed by atoms with Gasteiger partial charge in [0.1, 0.15) is 5.75 Å². The molecular weight excluding hydrogens is 400 g/mol. The normalized spacial score (nSPS) is 15.4. The summed E-state index contributed by atoms with van der Waals surface area (Å²) < 4.78 is 32.9. The molecule has 0 unspecified atom stereocenters. The number of amides is 1. The molecule has 1 heterocycles. The number of ether oxygens (including phenoxy) is 1. The number of aryl methyl sites for hydroxylation is 2. The lowest BCUT2D eigenvalue weighted by molar-refractivity contribution is -0.134. The lowest BCUT2D eigenvalue weighted by Crippen LogP contribution is -2.51. The summed E-state index contributed by atoms with van der Waals surface area (Å²) in [5, 5.41) is 0. The Labute approximate surface area is 179 Å². The minimum absolute atomic E-state index is 0.0485. The molecule has 2 aromatic rings. The molecule has 2 aromatic carbocycles. The average Bonchev–Trinajstić information content (AvgIpc) is 2.73. The van der Waals surface area contributed by atoms with E-state index in [-0.39, 0.29) is 30.5 Å². The van der Waals surface area contributed by atoms with Crippen LogP contribution >= 0.6 is 0 Å². The Kier molecular flexibility index (Phi) is 6.83. The Bertz CT molecular complexity index is 992. The summed E-state index contributed by atoms with van der Waals surface area (Å²) in [6.07, 6.45) is 0. The molecule has 6 nitrogen and oxygen atoms in total. The van der Waals surface area contributed by atoms with Crippen LogP contribution in [0.1, 0.15) is 36.5 Å². The van der Waals surface area contributed by atoms with E-state index in [0.29, 0.717) is 19.0 Å². The third-order valence-corrected chi connectivity index (χ3v) is 7.39. The third-order valence-electron chi connectivity index (χ3n) is 5.48. The Hall–Kier alpha value is -2.38. The fraction of sp³-hybridized carbons (Fsp3) is 0.435. The number of hydrogen-bond acceptors (Lipinski definition) is 4. The minimum Gasteiger partial charge on any atom is -0.483 e. The van der Waals surface area contributed by atoms with Gasteiger partial charge in [0, 0.05) is 26.2 Å². The highest BCUT2D eigenvalue weighted by Gasteiger charge is 2.30. The molecule has 0 saturated carbocycles. The molecule has 0 radical (unpaired) electrons. The van der Waals surface area contributed by atoms with Crippen molar-refractivity contribution >= 4 is 15.9 Å². The van der Waals surface area contributed by atoms with Crippen LogP contribution < -0.4 is 4.74 Å². The quantitative estimate of drug-likeness (QED) is 0.705. The van der Waals surface area contributed by atoms with Gasteiger partial charge in [-0.1, -0.05) is 43.7 Å². The SMILES string of the molecule is Cc1ccc(S(=O)(=O)N2CCN(C(=O)COc3cc(C(C)C)ccc3C)CC2)cc1. The number of nitrogens with zero attached hydrogens (tertiary/aromatic N) is 2. The van der Waals surface area contributed by atoms with Crippen LogP contribution in [0.2, 0.25) is 0 Å². The van der Waals surface area contributed by atoms with Gasteiger partial charge in [-0.2, -0.15) is 4.31 Å². The molecule has 1 saturated heterocycles. The van der Waals surface area contributed by atoms with Crippen molar-refractivity contribution in [3.8, 4) is 5.75 Å². The summed E-state index contributed by atoms with van der Waals surface area (Å²) in [6, 6.07) is 12.9. The number of benzene rings is 2. The molecule has 3 rings (SSSR count). The Morgan fingerprint density at radius 3 is 2.23 bits per heavy atom.